The summed E-state index contributed by atoms with van der Waals surface area (Å²) in [5.41, 5.74) is 4.47. The summed E-state index contributed by atoms with van der Waals surface area (Å²) in [4.78, 5) is 30.5. The third kappa shape index (κ3) is 6.02. The van der Waals surface area contributed by atoms with Crippen LogP contribution in [0.2, 0.25) is 0 Å². The third-order valence-electron chi connectivity index (χ3n) is 8.28. The van der Waals surface area contributed by atoms with Crippen LogP contribution in [0.4, 0.5) is 4.39 Å². The number of likely N-dealkylation sites (N-methyl/N-ethyl adjacent to an activating group) is 1. The van der Waals surface area contributed by atoms with E-state index in [4.69, 9.17) is 4.98 Å². The summed E-state index contributed by atoms with van der Waals surface area (Å²) in [6.07, 6.45) is 5.74. The molecular weight excluding hydrogens is 553 g/mol. The molecule has 8 nitrogen and oxygen atoms in total. The van der Waals surface area contributed by atoms with E-state index in [1.54, 1.807) is 12.3 Å². The molecule has 1 aliphatic rings. The lowest BCUT2D eigenvalue weighted by atomic mass is 9.96. The van der Waals surface area contributed by atoms with Crippen molar-refractivity contribution in [3.05, 3.63) is 77.1 Å². The molecule has 0 bridgehead atoms. The molecule has 1 aliphatic heterocycles. The first-order valence-electron chi connectivity index (χ1n) is 14.3. The highest BCUT2D eigenvalue weighted by atomic mass is 32.2. The van der Waals surface area contributed by atoms with Crippen LogP contribution in [0.1, 0.15) is 42.8 Å². The summed E-state index contributed by atoms with van der Waals surface area (Å²) >= 11 is 0. The quantitative estimate of drug-likeness (QED) is 0.304. The van der Waals surface area contributed by atoms with Gasteiger partial charge in [0.1, 0.15) is 16.5 Å². The number of ketones is 1. The van der Waals surface area contributed by atoms with Crippen molar-refractivity contribution < 1.29 is 17.6 Å². The third-order valence-corrected chi connectivity index (χ3v) is 9.39. The first-order valence-corrected chi connectivity index (χ1v) is 16.2. The fraction of sp³-hybridized carbons (Fsp3) is 0.406. The molecular formula is C32H38FN5O3S. The molecule has 2 atom stereocenters. The van der Waals surface area contributed by atoms with E-state index in [0.717, 1.165) is 59.9 Å². The maximum atomic E-state index is 15.0. The number of aryl methyl sites for hydroxylation is 1. The van der Waals surface area contributed by atoms with E-state index in [9.17, 15) is 13.2 Å². The number of nitrogens with zero attached hydrogens (tertiary/aromatic N) is 4. The Balaban J connectivity index is 1.43. The van der Waals surface area contributed by atoms with Crippen molar-refractivity contribution in [2.75, 3.05) is 32.9 Å². The maximum Gasteiger partial charge on any atom is 0.178 e. The molecule has 10 heteroatoms. The number of piperazine rings is 1. The summed E-state index contributed by atoms with van der Waals surface area (Å²) in [7, 11) is -1.58. The SMILES string of the molecule is CC[C@H](C(=O)Cc1cccc2c(-c3nc(Cc4cccc(S(C)(=O)=O)c4F)ncc3C)c[nH]c12)N1CCN(C)C[C@@H]1C. The number of carbonyl (C=O) groups is 1. The minimum absolute atomic E-state index is 0.0493. The molecule has 3 heterocycles. The zero-order valence-corrected chi connectivity index (χ0v) is 25.6. The molecule has 1 N–H and O–H groups in total. The molecule has 42 heavy (non-hydrogen) atoms. The molecule has 0 aliphatic carbocycles. The van der Waals surface area contributed by atoms with Gasteiger partial charge in [0, 0.05) is 73.6 Å². The smallest absolute Gasteiger partial charge is 0.178 e. The van der Waals surface area contributed by atoms with Gasteiger partial charge in [-0.3, -0.25) is 9.69 Å². The van der Waals surface area contributed by atoms with Crippen LogP contribution in [0.5, 0.6) is 0 Å². The molecule has 222 valence electrons. The number of sulfone groups is 1. The van der Waals surface area contributed by atoms with Crippen LogP contribution in [0.3, 0.4) is 0 Å². The lowest BCUT2D eigenvalue weighted by molar-refractivity contribution is -0.125. The highest BCUT2D eigenvalue weighted by molar-refractivity contribution is 7.90. The minimum atomic E-state index is -3.70. The fourth-order valence-electron chi connectivity index (χ4n) is 6.12. The van der Waals surface area contributed by atoms with E-state index in [1.165, 1.54) is 12.1 Å². The van der Waals surface area contributed by atoms with Gasteiger partial charge in [-0.05, 0) is 50.1 Å². The molecule has 0 radical (unpaired) electrons. The number of H-pyrrole nitrogens is 1. The second-order valence-corrected chi connectivity index (χ2v) is 13.4. The molecule has 2 aromatic carbocycles. The first kappa shape index (κ1) is 30.0. The fourth-order valence-corrected chi connectivity index (χ4v) is 6.90. The lowest BCUT2D eigenvalue weighted by Gasteiger charge is -2.42. The van der Waals surface area contributed by atoms with Crippen molar-refractivity contribution in [3.63, 3.8) is 0 Å². The molecule has 0 amide bonds. The van der Waals surface area contributed by atoms with Crippen molar-refractivity contribution in [2.24, 2.45) is 0 Å². The first-order chi connectivity index (χ1) is 20.0. The second-order valence-electron chi connectivity index (χ2n) is 11.5. The van der Waals surface area contributed by atoms with Crippen LogP contribution < -0.4 is 0 Å². The molecule has 1 fully saturated rings. The van der Waals surface area contributed by atoms with Gasteiger partial charge >= 0.3 is 0 Å². The highest BCUT2D eigenvalue weighted by Crippen LogP contribution is 2.32. The monoisotopic (exact) mass is 591 g/mol. The summed E-state index contributed by atoms with van der Waals surface area (Å²) < 4.78 is 39.0. The molecule has 0 unspecified atom stereocenters. The number of Topliss-reactive ketones (excluding diaryl/α,β-unsaturated/α-hetero) is 1. The summed E-state index contributed by atoms with van der Waals surface area (Å²) in [6.45, 7) is 8.99. The Labute approximate surface area is 246 Å². The zero-order chi connectivity index (χ0) is 30.2. The Morgan fingerprint density at radius 2 is 1.90 bits per heavy atom. The Bertz CT molecular complexity index is 1740. The Morgan fingerprint density at radius 3 is 2.62 bits per heavy atom. The van der Waals surface area contributed by atoms with E-state index >= 15 is 4.39 Å². The Hall–Kier alpha value is -3.47. The van der Waals surface area contributed by atoms with E-state index in [2.05, 4.69) is 40.7 Å². The van der Waals surface area contributed by atoms with Crippen LogP contribution >= 0.6 is 0 Å². The predicted octanol–water partition coefficient (Wildman–Crippen LogP) is 4.59. The zero-order valence-electron chi connectivity index (χ0n) is 24.8. The van der Waals surface area contributed by atoms with Gasteiger partial charge in [-0.15, -0.1) is 0 Å². The van der Waals surface area contributed by atoms with Gasteiger partial charge in [0.15, 0.2) is 15.6 Å². The van der Waals surface area contributed by atoms with Gasteiger partial charge in [-0.25, -0.2) is 22.8 Å². The minimum Gasteiger partial charge on any atom is -0.360 e. The van der Waals surface area contributed by atoms with Gasteiger partial charge in [-0.2, -0.15) is 0 Å². The van der Waals surface area contributed by atoms with Crippen molar-refractivity contribution >= 4 is 26.5 Å². The lowest BCUT2D eigenvalue weighted by Crippen LogP contribution is -2.56. The van der Waals surface area contributed by atoms with E-state index in [1.807, 2.05) is 31.3 Å². The normalized spacial score (nSPS) is 17.5. The number of halogens is 1. The van der Waals surface area contributed by atoms with Crippen LogP contribution in [0.25, 0.3) is 22.2 Å². The molecule has 5 rings (SSSR count). The summed E-state index contributed by atoms with van der Waals surface area (Å²) in [6, 6.07) is 10.5. The van der Waals surface area contributed by atoms with Gasteiger partial charge in [-0.1, -0.05) is 37.3 Å². The number of hydrogen-bond acceptors (Lipinski definition) is 7. The van der Waals surface area contributed by atoms with Crippen LogP contribution in [0.15, 0.2) is 53.7 Å². The number of nitrogens with one attached hydrogen (secondary N) is 1. The van der Waals surface area contributed by atoms with Gasteiger partial charge in [0.25, 0.3) is 0 Å². The van der Waals surface area contributed by atoms with Crippen molar-refractivity contribution in [3.8, 4) is 11.3 Å². The van der Waals surface area contributed by atoms with Crippen LogP contribution in [-0.2, 0) is 27.5 Å². The number of fused-ring (bicyclic) bond motifs is 1. The molecule has 2 aromatic heterocycles. The van der Waals surface area contributed by atoms with E-state index < -0.39 is 15.7 Å². The number of hydrogen-bond donors (Lipinski definition) is 1. The van der Waals surface area contributed by atoms with Crippen molar-refractivity contribution in [2.45, 2.75) is 57.0 Å². The number of carbonyl (C=O) groups excluding carboxylic acids is 1. The molecule has 4 aromatic rings. The number of rotatable bonds is 9. The standard InChI is InChI=1S/C32H38FN5O3S/c1-6-26(38-14-13-37(4)19-21(38)3)27(39)15-23-10-7-11-24-25(18-35-32(23)24)31-20(2)17-34-29(36-31)16-22-9-8-12-28(30(22)33)42(5,40)41/h7-12,17-18,21,26,35H,6,13-16,19H2,1-5H3/t21-,26+/m0/s1. The van der Waals surface area contributed by atoms with Crippen LogP contribution in [0, 0.1) is 12.7 Å². The van der Waals surface area contributed by atoms with Crippen molar-refractivity contribution in [1.82, 2.24) is 24.8 Å². The van der Waals surface area contributed by atoms with Gasteiger partial charge < -0.3 is 9.88 Å². The van der Waals surface area contributed by atoms with E-state index in [-0.39, 0.29) is 28.7 Å². The van der Waals surface area contributed by atoms with Crippen molar-refractivity contribution in [1.29, 1.82) is 0 Å². The number of aromatic nitrogens is 3. The molecule has 0 saturated carbocycles. The van der Waals surface area contributed by atoms with E-state index in [0.29, 0.717) is 24.0 Å². The Morgan fingerprint density at radius 1 is 1.17 bits per heavy atom. The molecule has 1 saturated heterocycles. The van der Waals surface area contributed by atoms with Gasteiger partial charge in [0.2, 0.25) is 0 Å². The maximum absolute atomic E-state index is 15.0. The topological polar surface area (TPSA) is 99.3 Å². The number of aromatic amines is 1. The number of para-hydroxylation sites is 1. The summed E-state index contributed by atoms with van der Waals surface area (Å²) in [5, 5.41) is 0.944. The Kier molecular flexibility index (Phi) is 8.59. The average Bonchev–Trinajstić information content (AvgIpc) is 3.37. The van der Waals surface area contributed by atoms with Gasteiger partial charge in [0.05, 0.1) is 11.7 Å². The molecule has 0 spiro atoms. The average molecular weight is 592 g/mol. The second kappa shape index (κ2) is 12.0. The highest BCUT2D eigenvalue weighted by Gasteiger charge is 2.31. The largest absolute Gasteiger partial charge is 0.360 e. The number of benzene rings is 2. The van der Waals surface area contributed by atoms with Crippen LogP contribution in [-0.4, -0.2) is 84.0 Å². The predicted molar refractivity (Wildman–Crippen MR) is 163 cm³/mol. The summed E-state index contributed by atoms with van der Waals surface area (Å²) in [5.74, 6) is -0.173.